The van der Waals surface area contributed by atoms with Crippen LogP contribution in [0, 0.1) is 11.3 Å². The van der Waals surface area contributed by atoms with Crippen LogP contribution in [0.15, 0.2) is 17.7 Å². The lowest BCUT2D eigenvalue weighted by Gasteiger charge is -2.01. The number of carbonyl (C=O) groups is 1. The van der Waals surface area contributed by atoms with E-state index in [2.05, 4.69) is 4.98 Å². The predicted molar refractivity (Wildman–Crippen MR) is 64.5 cm³/mol. The minimum Gasteiger partial charge on any atom is -0.462 e. The Morgan fingerprint density at radius 2 is 2.29 bits per heavy atom. The van der Waals surface area contributed by atoms with E-state index in [4.69, 9.17) is 33.2 Å². The third kappa shape index (κ3) is 3.74. The summed E-state index contributed by atoms with van der Waals surface area (Å²) in [5, 5.41) is 9.18. The molecule has 88 valence electrons. The first kappa shape index (κ1) is 13.5. The van der Waals surface area contributed by atoms with Gasteiger partial charge in [0.15, 0.2) is 0 Å². The van der Waals surface area contributed by atoms with E-state index in [0.29, 0.717) is 5.56 Å². The van der Waals surface area contributed by atoms with Gasteiger partial charge in [0.1, 0.15) is 21.9 Å². The van der Waals surface area contributed by atoms with Gasteiger partial charge in [0.05, 0.1) is 6.61 Å². The molecule has 0 spiro atoms. The van der Waals surface area contributed by atoms with Gasteiger partial charge < -0.3 is 4.74 Å². The summed E-state index contributed by atoms with van der Waals surface area (Å²) in [4.78, 5) is 15.1. The molecule has 1 rings (SSSR count). The van der Waals surface area contributed by atoms with Gasteiger partial charge in [0.2, 0.25) is 0 Å². The maximum atomic E-state index is 11.4. The maximum absolute atomic E-state index is 11.4. The first-order chi connectivity index (χ1) is 8.08. The summed E-state index contributed by atoms with van der Waals surface area (Å²) in [6, 6.07) is 4.82. The molecule has 0 fully saturated rings. The third-order valence-corrected chi connectivity index (χ3v) is 2.27. The molecule has 17 heavy (non-hydrogen) atoms. The standard InChI is InChI=1S/C11H8Cl2N2O2/c1-2-17-11(16)8(6-14)5-7-3-4-9(12)15-10(7)13/h3-5H,2H2,1H3/b8-5+. The summed E-state index contributed by atoms with van der Waals surface area (Å²) in [7, 11) is 0. The van der Waals surface area contributed by atoms with Crippen LogP contribution in [0.2, 0.25) is 10.3 Å². The summed E-state index contributed by atoms with van der Waals surface area (Å²) in [5.41, 5.74) is 0.290. The maximum Gasteiger partial charge on any atom is 0.348 e. The van der Waals surface area contributed by atoms with Crippen molar-refractivity contribution in [3.63, 3.8) is 0 Å². The van der Waals surface area contributed by atoms with Crippen molar-refractivity contribution >= 4 is 35.2 Å². The number of ether oxygens (including phenoxy) is 1. The van der Waals surface area contributed by atoms with Crippen molar-refractivity contribution < 1.29 is 9.53 Å². The Labute approximate surface area is 108 Å². The fourth-order valence-electron chi connectivity index (χ4n) is 1.03. The van der Waals surface area contributed by atoms with Crippen molar-refractivity contribution in [2.24, 2.45) is 0 Å². The van der Waals surface area contributed by atoms with Crippen molar-refractivity contribution in [3.05, 3.63) is 33.6 Å². The summed E-state index contributed by atoms with van der Waals surface area (Å²) in [6.07, 6.45) is 1.31. The highest BCUT2D eigenvalue weighted by atomic mass is 35.5. The van der Waals surface area contributed by atoms with Gasteiger partial charge in [-0.25, -0.2) is 9.78 Å². The molecule has 0 radical (unpaired) electrons. The minimum atomic E-state index is -0.694. The second-order valence-electron chi connectivity index (χ2n) is 2.90. The number of carbonyl (C=O) groups excluding carboxylic acids is 1. The largest absolute Gasteiger partial charge is 0.462 e. The molecule has 1 aromatic rings. The van der Waals surface area contributed by atoms with E-state index in [1.165, 1.54) is 12.1 Å². The van der Waals surface area contributed by atoms with E-state index >= 15 is 0 Å². The second-order valence-corrected chi connectivity index (χ2v) is 3.65. The highest BCUT2D eigenvalue weighted by Crippen LogP contribution is 2.19. The quantitative estimate of drug-likeness (QED) is 0.367. The van der Waals surface area contributed by atoms with Crippen molar-refractivity contribution in [2.75, 3.05) is 6.61 Å². The summed E-state index contributed by atoms with van der Waals surface area (Å²) >= 11 is 11.4. The molecular formula is C11H8Cl2N2O2. The van der Waals surface area contributed by atoms with E-state index in [-0.39, 0.29) is 22.5 Å². The van der Waals surface area contributed by atoms with Crippen LogP contribution >= 0.6 is 23.2 Å². The molecule has 0 saturated carbocycles. The number of rotatable bonds is 3. The number of nitrogens with zero attached hydrogens (tertiary/aromatic N) is 2. The van der Waals surface area contributed by atoms with Gasteiger partial charge in [-0.1, -0.05) is 23.2 Å². The zero-order chi connectivity index (χ0) is 12.8. The Kier molecular flexibility index (Phi) is 4.95. The van der Waals surface area contributed by atoms with E-state index < -0.39 is 5.97 Å². The molecule has 0 unspecified atom stereocenters. The number of pyridine rings is 1. The lowest BCUT2D eigenvalue weighted by atomic mass is 10.2. The Morgan fingerprint density at radius 1 is 1.59 bits per heavy atom. The van der Waals surface area contributed by atoms with Gasteiger partial charge in [0.25, 0.3) is 0 Å². The highest BCUT2D eigenvalue weighted by Gasteiger charge is 2.11. The highest BCUT2D eigenvalue weighted by molar-refractivity contribution is 6.33. The SMILES string of the molecule is CCOC(=O)/C(C#N)=C/c1ccc(Cl)nc1Cl. The van der Waals surface area contributed by atoms with Gasteiger partial charge in [-0.05, 0) is 25.1 Å². The smallest absolute Gasteiger partial charge is 0.348 e. The number of hydrogen-bond donors (Lipinski definition) is 0. The number of esters is 1. The molecule has 0 atom stereocenters. The fourth-order valence-corrected chi connectivity index (χ4v) is 1.43. The van der Waals surface area contributed by atoms with E-state index in [0.717, 1.165) is 0 Å². The third-order valence-electron chi connectivity index (χ3n) is 1.76. The molecule has 0 aliphatic rings. The fraction of sp³-hybridized carbons (Fsp3) is 0.182. The van der Waals surface area contributed by atoms with Crippen molar-refractivity contribution in [2.45, 2.75) is 6.92 Å². The Bertz CT molecular complexity index is 507. The number of hydrogen-bond acceptors (Lipinski definition) is 4. The topological polar surface area (TPSA) is 63.0 Å². The van der Waals surface area contributed by atoms with Crippen molar-refractivity contribution in [1.29, 1.82) is 5.26 Å². The van der Waals surface area contributed by atoms with Crippen LogP contribution in [-0.2, 0) is 9.53 Å². The van der Waals surface area contributed by atoms with Gasteiger partial charge in [-0.15, -0.1) is 0 Å². The minimum absolute atomic E-state index is 0.120. The van der Waals surface area contributed by atoms with E-state index in [9.17, 15) is 4.79 Å². The second kappa shape index (κ2) is 6.24. The normalized spacial score (nSPS) is 10.8. The number of halogens is 2. The molecule has 0 saturated heterocycles. The van der Waals surface area contributed by atoms with Gasteiger partial charge in [0, 0.05) is 5.56 Å². The van der Waals surface area contributed by atoms with Crippen LogP contribution in [0.3, 0.4) is 0 Å². The molecule has 0 bridgehead atoms. The molecule has 0 amide bonds. The average molecular weight is 271 g/mol. The first-order valence-electron chi connectivity index (χ1n) is 4.69. The van der Waals surface area contributed by atoms with Gasteiger partial charge >= 0.3 is 5.97 Å². The van der Waals surface area contributed by atoms with Crippen LogP contribution in [0.25, 0.3) is 6.08 Å². The summed E-state index contributed by atoms with van der Waals surface area (Å²) in [5.74, 6) is -0.694. The zero-order valence-electron chi connectivity index (χ0n) is 8.91. The molecular weight excluding hydrogens is 263 g/mol. The van der Waals surface area contributed by atoms with Crippen molar-refractivity contribution in [3.8, 4) is 6.07 Å². The molecule has 0 N–H and O–H groups in total. The predicted octanol–water partition coefficient (Wildman–Crippen LogP) is 2.86. The Hall–Kier alpha value is -1.57. The van der Waals surface area contributed by atoms with Gasteiger partial charge in [-0.3, -0.25) is 0 Å². The number of aromatic nitrogens is 1. The lowest BCUT2D eigenvalue weighted by Crippen LogP contribution is -2.06. The van der Waals surface area contributed by atoms with E-state index in [1.807, 2.05) is 0 Å². The molecule has 0 aliphatic carbocycles. The molecule has 1 heterocycles. The summed E-state index contributed by atoms with van der Waals surface area (Å²) in [6.45, 7) is 1.86. The van der Waals surface area contributed by atoms with Crippen LogP contribution in [0.4, 0.5) is 0 Å². The van der Waals surface area contributed by atoms with Crippen LogP contribution in [-0.4, -0.2) is 17.6 Å². The molecule has 1 aromatic heterocycles. The molecule has 4 nitrogen and oxygen atoms in total. The van der Waals surface area contributed by atoms with Crippen LogP contribution in [0.5, 0.6) is 0 Å². The monoisotopic (exact) mass is 270 g/mol. The molecule has 0 aromatic carbocycles. The molecule has 0 aliphatic heterocycles. The van der Waals surface area contributed by atoms with Crippen molar-refractivity contribution in [1.82, 2.24) is 4.98 Å². The first-order valence-corrected chi connectivity index (χ1v) is 5.45. The zero-order valence-corrected chi connectivity index (χ0v) is 10.4. The Balaban J connectivity index is 3.07. The van der Waals surface area contributed by atoms with Crippen LogP contribution in [0.1, 0.15) is 12.5 Å². The van der Waals surface area contributed by atoms with Gasteiger partial charge in [-0.2, -0.15) is 5.26 Å². The van der Waals surface area contributed by atoms with E-state index in [1.54, 1.807) is 19.1 Å². The molecule has 6 heteroatoms. The lowest BCUT2D eigenvalue weighted by molar-refractivity contribution is -0.137. The summed E-state index contributed by atoms with van der Waals surface area (Å²) < 4.78 is 4.71. The van der Waals surface area contributed by atoms with Crippen LogP contribution < -0.4 is 0 Å². The number of nitriles is 1. The average Bonchev–Trinajstić information content (AvgIpc) is 2.28. The Morgan fingerprint density at radius 3 is 2.82 bits per heavy atom.